The van der Waals surface area contributed by atoms with Gasteiger partial charge in [0.15, 0.2) is 0 Å². The van der Waals surface area contributed by atoms with Crippen molar-refractivity contribution >= 4 is 6.09 Å². The summed E-state index contributed by atoms with van der Waals surface area (Å²) < 4.78 is 0. The number of likely N-dealkylation sites (tertiary alicyclic amines) is 1. The van der Waals surface area contributed by atoms with Crippen LogP contribution in [-0.2, 0) is 6.42 Å². The third kappa shape index (κ3) is 2.14. The summed E-state index contributed by atoms with van der Waals surface area (Å²) in [6.07, 6.45) is 1.03. The zero-order valence-electron chi connectivity index (χ0n) is 13.5. The molecule has 0 spiro atoms. The van der Waals surface area contributed by atoms with Gasteiger partial charge in [0.2, 0.25) is 0 Å². The molecule has 4 rings (SSSR count). The van der Waals surface area contributed by atoms with Crippen LogP contribution >= 0.6 is 0 Å². The van der Waals surface area contributed by atoms with Crippen molar-refractivity contribution in [2.75, 3.05) is 6.54 Å². The summed E-state index contributed by atoms with van der Waals surface area (Å²) in [5.74, 6) is 0.412. The van der Waals surface area contributed by atoms with Crippen LogP contribution in [-0.4, -0.2) is 22.6 Å². The summed E-state index contributed by atoms with van der Waals surface area (Å²) in [5, 5.41) is 9.60. The molecule has 2 unspecified atom stereocenters. The monoisotopic (exact) mass is 307 g/mol. The summed E-state index contributed by atoms with van der Waals surface area (Å²) in [5.41, 5.74) is 7.72. The van der Waals surface area contributed by atoms with Gasteiger partial charge in [-0.3, -0.25) is 0 Å². The molecule has 2 aromatic carbocycles. The van der Waals surface area contributed by atoms with Crippen LogP contribution in [0, 0.1) is 12.8 Å². The van der Waals surface area contributed by atoms with Crippen molar-refractivity contribution in [3.63, 3.8) is 0 Å². The molecule has 0 aromatic heterocycles. The number of fused-ring (bicyclic) bond motifs is 3. The number of nitrogens with zero attached hydrogens (tertiary/aromatic N) is 1. The molecular weight excluding hydrogens is 286 g/mol. The Kier molecular flexibility index (Phi) is 3.19. The van der Waals surface area contributed by atoms with E-state index in [4.69, 9.17) is 0 Å². The van der Waals surface area contributed by atoms with Crippen molar-refractivity contribution in [2.45, 2.75) is 32.7 Å². The number of hydrogen-bond acceptors (Lipinski definition) is 1. The summed E-state index contributed by atoms with van der Waals surface area (Å²) in [6, 6.07) is 12.9. The van der Waals surface area contributed by atoms with E-state index >= 15 is 0 Å². The predicted octanol–water partition coefficient (Wildman–Crippen LogP) is 4.63. The molecule has 2 aromatic rings. The van der Waals surface area contributed by atoms with Gasteiger partial charge in [0.05, 0.1) is 6.04 Å². The topological polar surface area (TPSA) is 40.5 Å². The zero-order valence-corrected chi connectivity index (χ0v) is 13.5. The van der Waals surface area contributed by atoms with Crippen molar-refractivity contribution in [1.29, 1.82) is 0 Å². The number of rotatable bonds is 1. The van der Waals surface area contributed by atoms with Crippen molar-refractivity contribution < 1.29 is 9.90 Å². The third-order valence-corrected chi connectivity index (χ3v) is 5.34. The Hall–Kier alpha value is -2.29. The van der Waals surface area contributed by atoms with E-state index in [1.807, 2.05) is 0 Å². The Morgan fingerprint density at radius 3 is 2.74 bits per heavy atom. The van der Waals surface area contributed by atoms with E-state index in [0.29, 0.717) is 12.5 Å². The van der Waals surface area contributed by atoms with E-state index in [-0.39, 0.29) is 6.04 Å². The van der Waals surface area contributed by atoms with E-state index in [9.17, 15) is 9.90 Å². The normalized spacial score (nSPS) is 22.1. The highest BCUT2D eigenvalue weighted by Gasteiger charge is 2.37. The lowest BCUT2D eigenvalue weighted by Gasteiger charge is -2.26. The van der Waals surface area contributed by atoms with Gasteiger partial charge in [-0.1, -0.05) is 43.3 Å². The van der Waals surface area contributed by atoms with Gasteiger partial charge in [0.1, 0.15) is 0 Å². The van der Waals surface area contributed by atoms with Crippen LogP contribution in [0.15, 0.2) is 36.4 Å². The molecule has 2 aliphatic rings. The molecule has 2 atom stereocenters. The molecule has 0 bridgehead atoms. The van der Waals surface area contributed by atoms with Crippen LogP contribution in [0.4, 0.5) is 4.79 Å². The maximum absolute atomic E-state index is 11.7. The summed E-state index contributed by atoms with van der Waals surface area (Å²) in [7, 11) is 0. The molecule has 3 heteroatoms. The Balaban J connectivity index is 1.86. The third-order valence-electron chi connectivity index (χ3n) is 5.34. The summed E-state index contributed by atoms with van der Waals surface area (Å²) in [4.78, 5) is 13.3. The fourth-order valence-electron chi connectivity index (χ4n) is 4.35. The lowest BCUT2D eigenvalue weighted by Crippen LogP contribution is -2.30. The van der Waals surface area contributed by atoms with Gasteiger partial charge in [-0.25, -0.2) is 4.79 Å². The van der Waals surface area contributed by atoms with Crippen molar-refractivity contribution in [1.82, 2.24) is 4.90 Å². The Labute approximate surface area is 136 Å². The minimum atomic E-state index is -0.799. The second-order valence-electron chi connectivity index (χ2n) is 6.95. The molecule has 1 N–H and O–H groups in total. The molecule has 118 valence electrons. The summed E-state index contributed by atoms with van der Waals surface area (Å²) in [6.45, 7) is 4.89. The average molecular weight is 307 g/mol. The molecule has 23 heavy (non-hydrogen) atoms. The number of benzene rings is 2. The van der Waals surface area contributed by atoms with E-state index in [0.717, 1.165) is 12.8 Å². The van der Waals surface area contributed by atoms with Gasteiger partial charge < -0.3 is 10.0 Å². The summed E-state index contributed by atoms with van der Waals surface area (Å²) >= 11 is 0. The van der Waals surface area contributed by atoms with Gasteiger partial charge in [0.25, 0.3) is 0 Å². The molecule has 1 amide bonds. The van der Waals surface area contributed by atoms with Crippen molar-refractivity contribution in [3.05, 3.63) is 58.7 Å². The fraction of sp³-hybridized carbons (Fsp3) is 0.350. The fourth-order valence-corrected chi connectivity index (χ4v) is 4.35. The number of hydrogen-bond donors (Lipinski definition) is 1. The quantitative estimate of drug-likeness (QED) is 0.712. The SMILES string of the molecule is Cc1ccc2c(c1C1CC(C)CN1C(=O)O)Cc1ccccc1-2. The zero-order chi connectivity index (χ0) is 16.1. The standard InChI is InChI=1S/C20H21NO2/c1-12-9-18(21(11-12)20(22)23)19-13(2)7-8-16-15-6-4-3-5-14(15)10-17(16)19/h3-8,12,18H,9-11H2,1-2H3,(H,22,23). The van der Waals surface area contributed by atoms with Crippen LogP contribution in [0.1, 0.15) is 41.6 Å². The van der Waals surface area contributed by atoms with Gasteiger partial charge in [-0.2, -0.15) is 0 Å². The van der Waals surface area contributed by atoms with Gasteiger partial charge in [-0.05, 0) is 59.1 Å². The number of carbonyl (C=O) groups is 1. The highest BCUT2D eigenvalue weighted by molar-refractivity contribution is 5.79. The van der Waals surface area contributed by atoms with Crippen molar-refractivity contribution in [2.24, 2.45) is 5.92 Å². The van der Waals surface area contributed by atoms with E-state index in [1.54, 1.807) is 4.90 Å². The van der Waals surface area contributed by atoms with Gasteiger partial charge >= 0.3 is 6.09 Å². The Morgan fingerprint density at radius 2 is 1.96 bits per heavy atom. The first-order valence-corrected chi connectivity index (χ1v) is 8.26. The van der Waals surface area contributed by atoms with Crippen molar-refractivity contribution in [3.8, 4) is 11.1 Å². The lowest BCUT2D eigenvalue weighted by atomic mass is 9.89. The first-order valence-electron chi connectivity index (χ1n) is 8.26. The van der Waals surface area contributed by atoms with Crippen LogP contribution < -0.4 is 0 Å². The smallest absolute Gasteiger partial charge is 0.407 e. The number of amides is 1. The predicted molar refractivity (Wildman–Crippen MR) is 90.7 cm³/mol. The molecule has 0 radical (unpaired) electrons. The molecule has 1 aliphatic carbocycles. The largest absolute Gasteiger partial charge is 0.465 e. The first kappa shape index (κ1) is 14.3. The highest BCUT2D eigenvalue weighted by atomic mass is 16.4. The molecule has 1 aliphatic heterocycles. The maximum atomic E-state index is 11.7. The number of carboxylic acid groups (broad SMARTS) is 1. The molecule has 0 saturated carbocycles. The second kappa shape index (κ2) is 5.12. The molecule has 1 heterocycles. The molecule has 1 fully saturated rings. The van der Waals surface area contributed by atoms with Crippen LogP contribution in [0.2, 0.25) is 0 Å². The average Bonchev–Trinajstić information content (AvgIpc) is 3.07. The van der Waals surface area contributed by atoms with E-state index in [2.05, 4.69) is 50.2 Å². The second-order valence-corrected chi connectivity index (χ2v) is 6.95. The van der Waals surface area contributed by atoms with E-state index < -0.39 is 6.09 Å². The molecule has 1 saturated heterocycles. The van der Waals surface area contributed by atoms with Gasteiger partial charge in [0, 0.05) is 6.54 Å². The van der Waals surface area contributed by atoms with Crippen LogP contribution in [0.25, 0.3) is 11.1 Å². The molecular formula is C20H21NO2. The lowest BCUT2D eigenvalue weighted by molar-refractivity contribution is 0.139. The Morgan fingerprint density at radius 1 is 1.17 bits per heavy atom. The highest BCUT2D eigenvalue weighted by Crippen LogP contribution is 2.45. The maximum Gasteiger partial charge on any atom is 0.407 e. The van der Waals surface area contributed by atoms with Crippen LogP contribution in [0.3, 0.4) is 0 Å². The van der Waals surface area contributed by atoms with Gasteiger partial charge in [-0.15, -0.1) is 0 Å². The minimum absolute atomic E-state index is 0.00763. The van der Waals surface area contributed by atoms with E-state index in [1.165, 1.54) is 33.4 Å². The minimum Gasteiger partial charge on any atom is -0.465 e. The Bertz CT molecular complexity index is 796. The number of aryl methyl sites for hydroxylation is 1. The first-order chi connectivity index (χ1) is 11.1. The molecule has 3 nitrogen and oxygen atoms in total. The van der Waals surface area contributed by atoms with Crippen LogP contribution in [0.5, 0.6) is 0 Å².